The van der Waals surface area contributed by atoms with E-state index in [-0.39, 0.29) is 12.5 Å². The van der Waals surface area contributed by atoms with Gasteiger partial charge in [-0.25, -0.2) is 5.43 Å². The Bertz CT molecular complexity index is 1230. The molecule has 6 nitrogen and oxygen atoms in total. The lowest BCUT2D eigenvalue weighted by Crippen LogP contribution is -2.17. The van der Waals surface area contributed by atoms with E-state index in [1.165, 1.54) is 6.21 Å². The van der Waals surface area contributed by atoms with Gasteiger partial charge in [0.25, 0.3) is 5.91 Å². The zero-order valence-corrected chi connectivity index (χ0v) is 24.3. The van der Waals surface area contributed by atoms with E-state index >= 15 is 0 Å². The molecule has 3 aromatic carbocycles. The van der Waals surface area contributed by atoms with Crippen molar-refractivity contribution in [3.63, 3.8) is 0 Å². The minimum absolute atomic E-state index is 0.267. The Morgan fingerprint density at radius 2 is 1.72 bits per heavy atom. The van der Waals surface area contributed by atoms with Crippen molar-refractivity contribution in [2.24, 2.45) is 5.10 Å². The molecule has 36 heavy (non-hydrogen) atoms. The molecular formula is C26H24Br2Cl2N2O4. The van der Waals surface area contributed by atoms with Crippen LogP contribution in [0.5, 0.6) is 17.2 Å². The Morgan fingerprint density at radius 3 is 2.39 bits per heavy atom. The van der Waals surface area contributed by atoms with Crippen LogP contribution in [-0.4, -0.2) is 25.3 Å². The lowest BCUT2D eigenvalue weighted by Gasteiger charge is -2.13. The minimum Gasteiger partial charge on any atom is -0.490 e. The zero-order valence-electron chi connectivity index (χ0n) is 19.6. The van der Waals surface area contributed by atoms with Crippen molar-refractivity contribution >= 4 is 67.2 Å². The van der Waals surface area contributed by atoms with E-state index in [0.717, 1.165) is 17.5 Å². The third-order valence-corrected chi connectivity index (χ3v) is 6.52. The Labute approximate surface area is 237 Å². The normalized spacial score (nSPS) is 10.9. The zero-order chi connectivity index (χ0) is 26.1. The number of carbonyl (C=O) groups is 1. The molecule has 0 saturated carbocycles. The maximum atomic E-state index is 12.6. The molecule has 0 bridgehead atoms. The highest BCUT2D eigenvalue weighted by Gasteiger charge is 2.13. The summed E-state index contributed by atoms with van der Waals surface area (Å²) in [6.45, 7) is 5.19. The SMILES string of the molecule is CCCOc1ccc(C(=O)N/N=C/c2cc(Br)c(OCc3ccc(Cl)cc3Cl)c(Br)c2)cc1OCC. The maximum Gasteiger partial charge on any atom is 0.271 e. The number of ether oxygens (including phenoxy) is 3. The summed E-state index contributed by atoms with van der Waals surface area (Å²) in [6.07, 6.45) is 2.41. The molecule has 3 aromatic rings. The molecule has 0 fully saturated rings. The first-order valence-corrected chi connectivity index (χ1v) is 13.4. The highest BCUT2D eigenvalue weighted by molar-refractivity contribution is 9.11. The number of hydrogen-bond acceptors (Lipinski definition) is 5. The first-order valence-electron chi connectivity index (χ1n) is 11.1. The first-order chi connectivity index (χ1) is 17.3. The summed E-state index contributed by atoms with van der Waals surface area (Å²) < 4.78 is 18.6. The highest BCUT2D eigenvalue weighted by atomic mass is 79.9. The van der Waals surface area contributed by atoms with Crippen molar-refractivity contribution in [3.8, 4) is 17.2 Å². The quantitative estimate of drug-likeness (QED) is 0.167. The number of carbonyl (C=O) groups excluding carboxylic acids is 1. The molecule has 0 aliphatic rings. The van der Waals surface area contributed by atoms with E-state index in [0.29, 0.717) is 55.0 Å². The molecule has 0 aliphatic heterocycles. The van der Waals surface area contributed by atoms with Crippen LogP contribution in [0.4, 0.5) is 0 Å². The van der Waals surface area contributed by atoms with Crippen LogP contribution in [-0.2, 0) is 6.61 Å². The monoisotopic (exact) mass is 656 g/mol. The van der Waals surface area contributed by atoms with Gasteiger partial charge in [-0.15, -0.1) is 0 Å². The van der Waals surface area contributed by atoms with Gasteiger partial charge in [0.1, 0.15) is 12.4 Å². The Balaban J connectivity index is 1.65. The van der Waals surface area contributed by atoms with E-state index in [2.05, 4.69) is 42.4 Å². The van der Waals surface area contributed by atoms with Gasteiger partial charge in [-0.2, -0.15) is 5.10 Å². The second kappa shape index (κ2) is 13.9. The number of hydrogen-bond donors (Lipinski definition) is 1. The lowest BCUT2D eigenvalue weighted by molar-refractivity contribution is 0.0954. The molecule has 0 spiro atoms. The molecule has 1 amide bonds. The van der Waals surface area contributed by atoms with E-state index < -0.39 is 0 Å². The van der Waals surface area contributed by atoms with Crippen LogP contribution in [0.15, 0.2) is 62.6 Å². The van der Waals surface area contributed by atoms with Crippen molar-refractivity contribution in [1.29, 1.82) is 0 Å². The summed E-state index contributed by atoms with van der Waals surface area (Å²) in [4.78, 5) is 12.6. The number of nitrogens with zero attached hydrogens (tertiary/aromatic N) is 1. The van der Waals surface area contributed by atoms with Gasteiger partial charge in [-0.05, 0) is 93.2 Å². The molecule has 10 heteroatoms. The number of halogens is 4. The van der Waals surface area contributed by atoms with Gasteiger partial charge in [-0.1, -0.05) is 36.2 Å². The smallest absolute Gasteiger partial charge is 0.271 e. The van der Waals surface area contributed by atoms with E-state index in [9.17, 15) is 4.79 Å². The van der Waals surface area contributed by atoms with Gasteiger partial charge in [0, 0.05) is 21.2 Å². The van der Waals surface area contributed by atoms with Gasteiger partial charge in [0.05, 0.1) is 28.4 Å². The fourth-order valence-corrected chi connectivity index (χ4v) is 4.97. The Hall–Kier alpha value is -2.26. The standard InChI is InChI=1S/C26H24Br2Cl2N2O4/c1-3-9-35-23-8-6-17(12-24(23)34-4-2)26(33)32-31-14-16-10-20(27)25(21(28)11-16)36-15-18-5-7-19(29)13-22(18)30/h5-8,10-14H,3-4,9,15H2,1-2H3,(H,32,33)/b31-14+. The molecule has 190 valence electrons. The summed E-state index contributed by atoms with van der Waals surface area (Å²) in [6, 6.07) is 13.9. The summed E-state index contributed by atoms with van der Waals surface area (Å²) in [5.41, 5.74) is 4.50. The predicted molar refractivity (Wildman–Crippen MR) is 151 cm³/mol. The summed E-state index contributed by atoms with van der Waals surface area (Å²) in [5, 5.41) is 5.18. The number of rotatable bonds is 11. The van der Waals surface area contributed by atoms with Crippen LogP contribution in [0.25, 0.3) is 0 Å². The molecule has 0 aromatic heterocycles. The van der Waals surface area contributed by atoms with Crippen LogP contribution in [0, 0.1) is 0 Å². The molecule has 0 heterocycles. The highest BCUT2D eigenvalue weighted by Crippen LogP contribution is 2.35. The van der Waals surface area contributed by atoms with Crippen molar-refractivity contribution in [3.05, 3.63) is 84.2 Å². The van der Waals surface area contributed by atoms with Crippen molar-refractivity contribution < 1.29 is 19.0 Å². The second-order valence-electron chi connectivity index (χ2n) is 7.48. The summed E-state index contributed by atoms with van der Waals surface area (Å²) in [7, 11) is 0. The molecule has 0 atom stereocenters. The van der Waals surface area contributed by atoms with Gasteiger partial charge < -0.3 is 14.2 Å². The largest absolute Gasteiger partial charge is 0.490 e. The van der Waals surface area contributed by atoms with Crippen LogP contribution in [0.3, 0.4) is 0 Å². The third-order valence-electron chi connectivity index (χ3n) is 4.75. The van der Waals surface area contributed by atoms with E-state index in [1.54, 1.807) is 30.3 Å². The van der Waals surface area contributed by atoms with Gasteiger partial charge >= 0.3 is 0 Å². The number of benzene rings is 3. The van der Waals surface area contributed by atoms with Crippen molar-refractivity contribution in [2.75, 3.05) is 13.2 Å². The molecule has 0 aliphatic carbocycles. The Kier molecular flexibility index (Phi) is 10.9. The summed E-state index contributed by atoms with van der Waals surface area (Å²) in [5.74, 6) is 1.36. The molecule has 0 radical (unpaired) electrons. The minimum atomic E-state index is -0.368. The second-order valence-corrected chi connectivity index (χ2v) is 10.0. The van der Waals surface area contributed by atoms with Crippen molar-refractivity contribution in [1.82, 2.24) is 5.43 Å². The van der Waals surface area contributed by atoms with Gasteiger partial charge in [0.15, 0.2) is 11.5 Å². The van der Waals surface area contributed by atoms with E-state index in [4.69, 9.17) is 37.4 Å². The average molecular weight is 659 g/mol. The van der Waals surface area contributed by atoms with Gasteiger partial charge in [-0.3, -0.25) is 4.79 Å². The Morgan fingerprint density at radius 1 is 0.972 bits per heavy atom. The fourth-order valence-electron chi connectivity index (χ4n) is 3.06. The van der Waals surface area contributed by atoms with Gasteiger partial charge in [0.2, 0.25) is 0 Å². The fraction of sp³-hybridized carbons (Fsp3) is 0.231. The topological polar surface area (TPSA) is 69.2 Å². The average Bonchev–Trinajstić information content (AvgIpc) is 2.84. The molecule has 0 unspecified atom stereocenters. The molecular weight excluding hydrogens is 635 g/mol. The first kappa shape index (κ1) is 28.3. The van der Waals surface area contributed by atoms with Crippen LogP contribution >= 0.6 is 55.1 Å². The van der Waals surface area contributed by atoms with Crippen molar-refractivity contribution in [2.45, 2.75) is 26.9 Å². The van der Waals surface area contributed by atoms with Crippen LogP contribution < -0.4 is 19.6 Å². The van der Waals surface area contributed by atoms with E-state index in [1.807, 2.05) is 32.0 Å². The summed E-state index contributed by atoms with van der Waals surface area (Å²) >= 11 is 19.2. The van der Waals surface area contributed by atoms with Crippen LogP contribution in [0.2, 0.25) is 10.0 Å². The lowest BCUT2D eigenvalue weighted by atomic mass is 10.2. The molecule has 0 saturated heterocycles. The molecule has 3 rings (SSSR count). The predicted octanol–water partition coefficient (Wildman–Crippen LogP) is 8.05. The number of amides is 1. The number of hydrazone groups is 1. The maximum absolute atomic E-state index is 12.6. The number of nitrogens with one attached hydrogen (secondary N) is 1. The molecule has 1 N–H and O–H groups in total. The van der Waals surface area contributed by atoms with Crippen LogP contribution in [0.1, 0.15) is 41.8 Å². The third kappa shape index (κ3) is 7.87.